The first-order valence-corrected chi connectivity index (χ1v) is 6.61. The van der Waals surface area contributed by atoms with Crippen LogP contribution in [0.15, 0.2) is 22.7 Å². The van der Waals surface area contributed by atoms with Crippen molar-refractivity contribution in [2.75, 3.05) is 12.3 Å². The standard InChI is InChI=1S/C13H18BrNO2/c1-13(2)6-5-10(17-13)8-16-12-4-3-9(14)7-11(12)15/h3-4,7,10H,5-6,8,15H2,1-2H3. The van der Waals surface area contributed by atoms with Crippen molar-refractivity contribution in [1.82, 2.24) is 0 Å². The van der Waals surface area contributed by atoms with Crippen LogP contribution in [-0.4, -0.2) is 18.3 Å². The Morgan fingerprint density at radius 2 is 2.29 bits per heavy atom. The molecule has 1 aromatic rings. The first-order valence-electron chi connectivity index (χ1n) is 5.82. The molecule has 0 amide bonds. The number of ether oxygens (including phenoxy) is 2. The van der Waals surface area contributed by atoms with E-state index in [-0.39, 0.29) is 11.7 Å². The van der Waals surface area contributed by atoms with Gasteiger partial charge in [-0.3, -0.25) is 0 Å². The molecular formula is C13H18BrNO2. The van der Waals surface area contributed by atoms with E-state index in [1.807, 2.05) is 18.2 Å². The van der Waals surface area contributed by atoms with E-state index in [1.54, 1.807) is 0 Å². The number of nitrogens with two attached hydrogens (primary N) is 1. The summed E-state index contributed by atoms with van der Waals surface area (Å²) < 4.78 is 12.5. The van der Waals surface area contributed by atoms with Gasteiger partial charge in [-0.1, -0.05) is 15.9 Å². The Bertz CT molecular complexity index is 406. The van der Waals surface area contributed by atoms with Gasteiger partial charge in [-0.15, -0.1) is 0 Å². The maximum Gasteiger partial charge on any atom is 0.142 e. The number of hydrogen-bond donors (Lipinski definition) is 1. The summed E-state index contributed by atoms with van der Waals surface area (Å²) in [5.74, 6) is 0.724. The zero-order chi connectivity index (χ0) is 12.5. The molecule has 0 aromatic heterocycles. The number of anilines is 1. The summed E-state index contributed by atoms with van der Waals surface area (Å²) >= 11 is 3.37. The second-order valence-corrected chi connectivity index (χ2v) is 5.95. The van der Waals surface area contributed by atoms with E-state index in [2.05, 4.69) is 29.8 Å². The third-order valence-electron chi connectivity index (χ3n) is 2.95. The van der Waals surface area contributed by atoms with E-state index in [9.17, 15) is 0 Å². The quantitative estimate of drug-likeness (QED) is 0.870. The van der Waals surface area contributed by atoms with Crippen LogP contribution in [0.3, 0.4) is 0 Å². The number of halogens is 1. The zero-order valence-electron chi connectivity index (χ0n) is 10.2. The molecule has 2 rings (SSSR count). The van der Waals surface area contributed by atoms with Gasteiger partial charge < -0.3 is 15.2 Å². The molecule has 3 nitrogen and oxygen atoms in total. The highest BCUT2D eigenvalue weighted by atomic mass is 79.9. The fourth-order valence-corrected chi connectivity index (χ4v) is 2.41. The van der Waals surface area contributed by atoms with Gasteiger partial charge in [0.2, 0.25) is 0 Å². The molecule has 0 spiro atoms. The van der Waals surface area contributed by atoms with Gasteiger partial charge in [0.05, 0.1) is 17.4 Å². The zero-order valence-corrected chi connectivity index (χ0v) is 11.8. The van der Waals surface area contributed by atoms with Crippen molar-refractivity contribution in [2.45, 2.75) is 38.4 Å². The van der Waals surface area contributed by atoms with Gasteiger partial charge >= 0.3 is 0 Å². The summed E-state index contributed by atoms with van der Waals surface area (Å²) in [6, 6.07) is 5.64. The molecule has 1 heterocycles. The monoisotopic (exact) mass is 299 g/mol. The molecule has 1 aliphatic rings. The number of nitrogen functional groups attached to an aromatic ring is 1. The summed E-state index contributed by atoms with van der Waals surface area (Å²) in [5, 5.41) is 0. The summed E-state index contributed by atoms with van der Waals surface area (Å²) in [7, 11) is 0. The van der Waals surface area contributed by atoms with Crippen LogP contribution in [-0.2, 0) is 4.74 Å². The lowest BCUT2D eigenvalue weighted by Crippen LogP contribution is -2.24. The smallest absolute Gasteiger partial charge is 0.142 e. The Hall–Kier alpha value is -0.740. The predicted octanol–water partition coefficient (Wildman–Crippen LogP) is 3.37. The fraction of sp³-hybridized carbons (Fsp3) is 0.538. The molecule has 1 aromatic carbocycles. The van der Waals surface area contributed by atoms with E-state index in [4.69, 9.17) is 15.2 Å². The molecule has 1 saturated heterocycles. The second kappa shape index (κ2) is 4.86. The van der Waals surface area contributed by atoms with Crippen LogP contribution in [0.1, 0.15) is 26.7 Å². The van der Waals surface area contributed by atoms with Gasteiger partial charge in [-0.2, -0.15) is 0 Å². The summed E-state index contributed by atoms with van der Waals surface area (Å²) in [4.78, 5) is 0. The van der Waals surface area contributed by atoms with Crippen molar-refractivity contribution in [2.24, 2.45) is 0 Å². The Kier molecular flexibility index (Phi) is 3.64. The Morgan fingerprint density at radius 3 is 2.88 bits per heavy atom. The normalized spacial score (nSPS) is 22.6. The highest BCUT2D eigenvalue weighted by molar-refractivity contribution is 9.10. The number of benzene rings is 1. The van der Waals surface area contributed by atoms with Gasteiger partial charge in [0, 0.05) is 4.47 Å². The lowest BCUT2D eigenvalue weighted by atomic mass is 10.1. The fourth-order valence-electron chi connectivity index (χ4n) is 2.03. The minimum atomic E-state index is -0.0146. The Labute approximate surface area is 110 Å². The van der Waals surface area contributed by atoms with Crippen LogP contribution in [0.2, 0.25) is 0 Å². The molecule has 0 saturated carbocycles. The minimum Gasteiger partial charge on any atom is -0.489 e. The molecule has 4 heteroatoms. The van der Waals surface area contributed by atoms with E-state index >= 15 is 0 Å². The molecule has 1 atom stereocenters. The average Bonchev–Trinajstić information content (AvgIpc) is 2.57. The van der Waals surface area contributed by atoms with Crippen LogP contribution < -0.4 is 10.5 Å². The molecule has 0 aliphatic carbocycles. The summed E-state index contributed by atoms with van der Waals surface area (Å²) in [6.07, 6.45) is 2.30. The Balaban J connectivity index is 1.90. The van der Waals surface area contributed by atoms with Crippen LogP contribution in [0.4, 0.5) is 5.69 Å². The van der Waals surface area contributed by atoms with Crippen molar-refractivity contribution < 1.29 is 9.47 Å². The van der Waals surface area contributed by atoms with Gasteiger partial charge in [0.15, 0.2) is 0 Å². The van der Waals surface area contributed by atoms with E-state index < -0.39 is 0 Å². The van der Waals surface area contributed by atoms with Crippen molar-refractivity contribution in [1.29, 1.82) is 0 Å². The van der Waals surface area contributed by atoms with Gasteiger partial charge in [0.25, 0.3) is 0 Å². The van der Waals surface area contributed by atoms with Gasteiger partial charge in [0.1, 0.15) is 12.4 Å². The molecule has 94 valence electrons. The van der Waals surface area contributed by atoms with Crippen molar-refractivity contribution in [3.05, 3.63) is 22.7 Å². The highest BCUT2D eigenvalue weighted by Crippen LogP contribution is 2.31. The molecule has 1 unspecified atom stereocenters. The number of rotatable bonds is 3. The van der Waals surface area contributed by atoms with E-state index in [0.717, 1.165) is 23.1 Å². The van der Waals surface area contributed by atoms with Crippen molar-refractivity contribution in [3.8, 4) is 5.75 Å². The Morgan fingerprint density at radius 1 is 1.53 bits per heavy atom. The maximum absolute atomic E-state index is 5.86. The largest absolute Gasteiger partial charge is 0.489 e. The van der Waals surface area contributed by atoms with E-state index in [1.165, 1.54) is 0 Å². The van der Waals surface area contributed by atoms with Crippen LogP contribution >= 0.6 is 15.9 Å². The lowest BCUT2D eigenvalue weighted by Gasteiger charge is -2.19. The summed E-state index contributed by atoms with van der Waals surface area (Å²) in [6.45, 7) is 4.79. The molecule has 0 radical (unpaired) electrons. The van der Waals surface area contributed by atoms with Gasteiger partial charge in [-0.05, 0) is 44.9 Å². The topological polar surface area (TPSA) is 44.5 Å². The molecule has 2 N–H and O–H groups in total. The minimum absolute atomic E-state index is 0.0146. The molecule has 1 fully saturated rings. The predicted molar refractivity (Wildman–Crippen MR) is 72.2 cm³/mol. The highest BCUT2D eigenvalue weighted by Gasteiger charge is 2.31. The number of hydrogen-bond acceptors (Lipinski definition) is 3. The average molecular weight is 300 g/mol. The second-order valence-electron chi connectivity index (χ2n) is 5.03. The van der Waals surface area contributed by atoms with E-state index in [0.29, 0.717) is 12.3 Å². The third-order valence-corrected chi connectivity index (χ3v) is 3.44. The maximum atomic E-state index is 5.86. The van der Waals surface area contributed by atoms with Crippen LogP contribution in [0.5, 0.6) is 5.75 Å². The SMILES string of the molecule is CC1(C)CCC(COc2ccc(Br)cc2N)O1. The molecule has 17 heavy (non-hydrogen) atoms. The molecular weight excluding hydrogens is 282 g/mol. The van der Waals surface area contributed by atoms with Crippen LogP contribution in [0, 0.1) is 0 Å². The first-order chi connectivity index (χ1) is 7.96. The van der Waals surface area contributed by atoms with Crippen LogP contribution in [0.25, 0.3) is 0 Å². The lowest BCUT2D eigenvalue weighted by molar-refractivity contribution is -0.0325. The van der Waals surface area contributed by atoms with Gasteiger partial charge in [-0.25, -0.2) is 0 Å². The third kappa shape index (κ3) is 3.36. The summed E-state index contributed by atoms with van der Waals surface area (Å²) in [5.41, 5.74) is 6.50. The van der Waals surface area contributed by atoms with Crippen molar-refractivity contribution >= 4 is 21.6 Å². The van der Waals surface area contributed by atoms with Crippen molar-refractivity contribution in [3.63, 3.8) is 0 Å². The first kappa shape index (κ1) is 12.7. The molecule has 0 bridgehead atoms. The molecule has 1 aliphatic heterocycles.